The van der Waals surface area contributed by atoms with Crippen LogP contribution in [0.25, 0.3) is 0 Å². The van der Waals surface area contributed by atoms with E-state index < -0.39 is 19.7 Å². The molecule has 2 heterocycles. The minimum absolute atomic E-state index is 0.156. The number of rotatable bonds is 7. The van der Waals surface area contributed by atoms with Gasteiger partial charge in [0.1, 0.15) is 5.82 Å². The van der Waals surface area contributed by atoms with Crippen LogP contribution in [-0.4, -0.2) is 40.6 Å². The van der Waals surface area contributed by atoms with Crippen LogP contribution in [0.4, 0.5) is 4.39 Å². The Kier molecular flexibility index (Phi) is 8.74. The highest BCUT2D eigenvalue weighted by Gasteiger charge is 2.64. The Morgan fingerprint density at radius 3 is 2.64 bits per heavy atom. The normalized spacial score (nSPS) is 47.7. The topological polar surface area (TPSA) is 98.1 Å². The first-order valence-electron chi connectivity index (χ1n) is 16.5. The van der Waals surface area contributed by atoms with E-state index in [1.807, 2.05) is 0 Å². The fraction of sp³-hybridized carbons (Fsp3) is 0.848. The first kappa shape index (κ1) is 31.1. The van der Waals surface area contributed by atoms with Crippen LogP contribution in [0.5, 0.6) is 0 Å². The number of nitrogens with zero attached hydrogens (tertiary/aromatic N) is 1. The summed E-state index contributed by atoms with van der Waals surface area (Å²) in [6.07, 6.45) is 11.0. The highest BCUT2D eigenvalue weighted by Crippen LogP contribution is 2.69. The van der Waals surface area contributed by atoms with Gasteiger partial charge in [-0.05, 0) is 110 Å². The molecule has 4 saturated carbocycles. The molecule has 9 heteroatoms. The Bertz CT molecular complexity index is 1170. The van der Waals surface area contributed by atoms with E-state index in [9.17, 15) is 19.2 Å². The van der Waals surface area contributed by atoms with E-state index >= 15 is 0 Å². The minimum atomic E-state index is -3.79. The van der Waals surface area contributed by atoms with Gasteiger partial charge in [-0.3, -0.25) is 18.6 Å². The van der Waals surface area contributed by atoms with Gasteiger partial charge < -0.3 is 10.2 Å². The lowest BCUT2D eigenvalue weighted by Crippen LogP contribution is -2.62. The molecule has 5 aliphatic rings. The maximum Gasteiger partial charge on any atom is 0.475 e. The maximum atomic E-state index is 14.3. The van der Waals surface area contributed by atoms with Crippen LogP contribution in [0.1, 0.15) is 104 Å². The van der Waals surface area contributed by atoms with E-state index in [2.05, 4.69) is 32.7 Å². The molecule has 42 heavy (non-hydrogen) atoms. The molecule has 2 N–H and O–H groups in total. The third-order valence-corrected chi connectivity index (χ3v) is 14.5. The Morgan fingerprint density at radius 1 is 1.12 bits per heavy atom. The van der Waals surface area contributed by atoms with Gasteiger partial charge >= 0.3 is 7.82 Å². The number of fused-ring (bicyclic) bond motifs is 5. The van der Waals surface area contributed by atoms with Gasteiger partial charge in [0.15, 0.2) is 0 Å². The monoisotopic (exact) mass is 607 g/mol. The van der Waals surface area contributed by atoms with Crippen molar-refractivity contribution in [1.82, 2.24) is 4.98 Å². The molecular weight excluding hydrogens is 556 g/mol. The van der Waals surface area contributed by atoms with Crippen molar-refractivity contribution in [3.63, 3.8) is 0 Å². The Balaban J connectivity index is 1.11. The van der Waals surface area contributed by atoms with Crippen LogP contribution in [0.3, 0.4) is 0 Å². The summed E-state index contributed by atoms with van der Waals surface area (Å²) in [7, 11) is -3.79. The molecule has 13 atom stereocenters. The van der Waals surface area contributed by atoms with Gasteiger partial charge in [0.2, 0.25) is 0 Å². The maximum absolute atomic E-state index is 14.3. The van der Waals surface area contributed by atoms with Gasteiger partial charge in [0.25, 0.3) is 0 Å². The molecule has 7 nitrogen and oxygen atoms in total. The Morgan fingerprint density at radius 2 is 1.88 bits per heavy atom. The van der Waals surface area contributed by atoms with Crippen LogP contribution >= 0.6 is 7.82 Å². The molecule has 5 unspecified atom stereocenters. The lowest BCUT2D eigenvalue weighted by molar-refractivity contribution is -0.203. The van der Waals surface area contributed by atoms with Crippen LogP contribution in [-0.2, 0) is 18.1 Å². The van der Waals surface area contributed by atoms with Crippen molar-refractivity contribution >= 4 is 7.82 Å². The number of hydrogen-bond acceptors (Lipinski definition) is 7. The molecule has 236 valence electrons. The highest BCUT2D eigenvalue weighted by atomic mass is 31.2. The second kappa shape index (κ2) is 11.8. The van der Waals surface area contributed by atoms with E-state index in [1.165, 1.54) is 12.6 Å². The summed E-state index contributed by atoms with van der Waals surface area (Å²) in [5.41, 5.74) is 0.681. The summed E-state index contributed by atoms with van der Waals surface area (Å²) in [6, 6.07) is 1.55. The minimum Gasteiger partial charge on any atom is -0.393 e. The Hall–Kier alpha value is -0.890. The van der Waals surface area contributed by atoms with Crippen molar-refractivity contribution in [3.05, 3.63) is 29.8 Å². The average Bonchev–Trinajstić information content (AvgIpc) is 3.31. The molecular formula is C33H51FNO6P. The van der Waals surface area contributed by atoms with Gasteiger partial charge in [0, 0.05) is 18.2 Å². The predicted octanol–water partition coefficient (Wildman–Crippen LogP) is 7.48. The van der Waals surface area contributed by atoms with E-state index in [4.69, 9.17) is 13.6 Å². The summed E-state index contributed by atoms with van der Waals surface area (Å²) in [5, 5.41) is 22.5. The van der Waals surface area contributed by atoms with Crippen LogP contribution in [0.15, 0.2) is 18.5 Å². The molecule has 6 rings (SSSR count). The van der Waals surface area contributed by atoms with Gasteiger partial charge in [-0.2, -0.15) is 0 Å². The van der Waals surface area contributed by atoms with Crippen molar-refractivity contribution in [2.24, 2.45) is 52.3 Å². The van der Waals surface area contributed by atoms with Crippen molar-refractivity contribution in [1.29, 1.82) is 0 Å². The largest absolute Gasteiger partial charge is 0.475 e. The first-order valence-corrected chi connectivity index (χ1v) is 18.0. The third-order valence-electron chi connectivity index (χ3n) is 13.0. The van der Waals surface area contributed by atoms with E-state index in [0.29, 0.717) is 47.5 Å². The number of aromatic nitrogens is 1. The highest BCUT2D eigenvalue weighted by molar-refractivity contribution is 7.48. The molecule has 0 bridgehead atoms. The zero-order chi connectivity index (χ0) is 29.9. The molecule has 1 aromatic rings. The number of hydrogen-bond donors (Lipinski definition) is 2. The van der Waals surface area contributed by atoms with Gasteiger partial charge in [-0.1, -0.05) is 34.1 Å². The second-order valence-corrected chi connectivity index (χ2v) is 16.4. The Labute approximate surface area is 250 Å². The molecule has 1 aromatic heterocycles. The fourth-order valence-electron chi connectivity index (χ4n) is 10.9. The van der Waals surface area contributed by atoms with Crippen molar-refractivity contribution in [3.8, 4) is 0 Å². The summed E-state index contributed by atoms with van der Waals surface area (Å²) in [4.78, 5) is 3.79. The SMILES string of the molecule is CC[C@@H]1C2C[C@H](O)CC[C@]2(C)C2CC[C@@]3(C)C(CC[C@@H]3[C@H](C)CCOP3(=O)OCC[C@H](c4ccncc4F)O3)C2[C@@H]1O. The molecule has 0 aromatic carbocycles. The molecule has 4 aliphatic carbocycles. The first-order chi connectivity index (χ1) is 20.0. The second-order valence-electron chi connectivity index (χ2n) is 14.8. The fourth-order valence-corrected chi connectivity index (χ4v) is 12.3. The van der Waals surface area contributed by atoms with Crippen LogP contribution < -0.4 is 0 Å². The lowest BCUT2D eigenvalue weighted by atomic mass is 9.41. The molecule has 1 aliphatic heterocycles. The van der Waals surface area contributed by atoms with Gasteiger partial charge in [-0.25, -0.2) is 8.96 Å². The summed E-state index contributed by atoms with van der Waals surface area (Å²) >= 11 is 0. The van der Waals surface area contributed by atoms with E-state index in [-0.39, 0.29) is 42.2 Å². The number of aliphatic hydroxyl groups is 2. The summed E-state index contributed by atoms with van der Waals surface area (Å²) in [5.74, 6) is 2.39. The number of halogens is 1. The third kappa shape index (κ3) is 5.24. The molecule has 0 amide bonds. The standard InChI is InChI=1S/C33H51FNO6P/c1-5-22-27-18-21(36)8-13-33(27,4)26-9-14-32(3)24(6-7-25(32)30(26)31(22)37)20(2)11-16-39-42(38)40-17-12-29(41-42)23-10-15-35-19-28(23)34/h10,15,19-22,24-27,29-31,36-37H,5-9,11-14,16-18H2,1-4H3/t20-,21-,22-,24-,25?,26?,27?,29-,30?,31-,32-,33-,42?/m1/s1. The van der Waals surface area contributed by atoms with Crippen molar-refractivity contribution < 1.29 is 32.7 Å². The van der Waals surface area contributed by atoms with Gasteiger partial charge in [0.05, 0.1) is 37.7 Å². The quantitative estimate of drug-likeness (QED) is 0.310. The number of aliphatic hydroxyl groups excluding tert-OH is 2. The number of phosphoric ester groups is 1. The zero-order valence-corrected chi connectivity index (χ0v) is 26.7. The van der Waals surface area contributed by atoms with E-state index in [0.717, 1.165) is 57.6 Å². The molecule has 5 fully saturated rings. The molecule has 1 saturated heterocycles. The smallest absolute Gasteiger partial charge is 0.393 e. The van der Waals surface area contributed by atoms with E-state index in [1.54, 1.807) is 6.07 Å². The van der Waals surface area contributed by atoms with Gasteiger partial charge in [-0.15, -0.1) is 0 Å². The number of phosphoric acid groups is 1. The molecule has 0 spiro atoms. The lowest BCUT2D eigenvalue weighted by Gasteiger charge is -2.64. The summed E-state index contributed by atoms with van der Waals surface area (Å²) in [6.45, 7) is 9.90. The zero-order valence-electron chi connectivity index (χ0n) is 25.8. The number of pyridine rings is 1. The van der Waals surface area contributed by atoms with Crippen molar-refractivity contribution in [2.45, 2.75) is 110 Å². The molecule has 0 radical (unpaired) electrons. The van der Waals surface area contributed by atoms with Crippen molar-refractivity contribution in [2.75, 3.05) is 13.2 Å². The van der Waals surface area contributed by atoms with Crippen LogP contribution in [0, 0.1) is 58.1 Å². The summed E-state index contributed by atoms with van der Waals surface area (Å²) < 4.78 is 44.5. The van der Waals surface area contributed by atoms with Crippen LogP contribution in [0.2, 0.25) is 0 Å². The average molecular weight is 608 g/mol. The predicted molar refractivity (Wildman–Crippen MR) is 158 cm³/mol.